The number of hydrogen-bond acceptors (Lipinski definition) is 21. The van der Waals surface area contributed by atoms with Gasteiger partial charge in [0.15, 0.2) is 17.4 Å². The van der Waals surface area contributed by atoms with E-state index in [0.717, 1.165) is 134 Å². The molecule has 12 aromatic rings. The lowest BCUT2D eigenvalue weighted by Gasteiger charge is -2.20. The minimum atomic E-state index is -3.43. The van der Waals surface area contributed by atoms with E-state index in [1.807, 2.05) is 130 Å². The molecule has 0 fully saturated rings. The third-order valence-corrected chi connectivity index (χ3v) is 20.0. The van der Waals surface area contributed by atoms with E-state index in [0.29, 0.717) is 45.3 Å². The highest BCUT2D eigenvalue weighted by atomic mass is 32.2. The molecule has 524 valence electrons. The highest BCUT2D eigenvalue weighted by Gasteiger charge is 2.32. The van der Waals surface area contributed by atoms with E-state index in [-0.39, 0.29) is 44.9 Å². The largest absolute Gasteiger partial charge is 0.399 e. The predicted octanol–water partition coefficient (Wildman–Crippen LogP) is 13.8. The second-order valence-electron chi connectivity index (χ2n) is 25.0. The van der Waals surface area contributed by atoms with Crippen molar-refractivity contribution in [2.75, 3.05) is 74.5 Å². The summed E-state index contributed by atoms with van der Waals surface area (Å²) in [6.45, 7) is 21.9. The average Bonchev–Trinajstić information content (AvgIpc) is 0.872. The van der Waals surface area contributed by atoms with Gasteiger partial charge in [0.25, 0.3) is 0 Å². The molecule has 3 heterocycles. The summed E-state index contributed by atoms with van der Waals surface area (Å²) in [5.41, 5.74) is 100.0. The van der Waals surface area contributed by atoms with Gasteiger partial charge in [-0.05, 0) is 222 Å². The molecule has 1 aliphatic heterocycles. The SMILES string of the molecule is Cc1c(C)c(N)c(C)c(C)c1N.Cc1c(C)c(N)c(C)c(N)c1C.Cc1cc(N)c(C)cc1N.Cc1ccc(S(=O)(=O)c2ccc(N)cc2)cc1.Nc1ccc(N)c2c1C(=O)c1ccccc1C2=O.Nc1ccc2c(c1)nc(-c1ccccc1)c1cc(N)ccc12.Nc1nc(N)c2c(n1)CC=N2. The van der Waals surface area contributed by atoms with Gasteiger partial charge in [0.2, 0.25) is 15.8 Å². The first-order chi connectivity index (χ1) is 48.1. The molecule has 2 aliphatic rings. The summed E-state index contributed by atoms with van der Waals surface area (Å²) in [7, 11) is -3.43. The van der Waals surface area contributed by atoms with Crippen molar-refractivity contribution in [1.29, 1.82) is 0 Å². The molecule has 0 amide bonds. The van der Waals surface area contributed by atoms with Crippen molar-refractivity contribution in [2.45, 2.75) is 92.4 Å². The lowest BCUT2D eigenvalue weighted by molar-refractivity contribution is 0.0980. The monoisotopic (exact) mass is 1380 g/mol. The molecule has 0 bridgehead atoms. The molecular weight excluding hydrogens is 1300 g/mol. The quantitative estimate of drug-likeness (QED) is 0.0577. The van der Waals surface area contributed by atoms with E-state index in [1.54, 1.807) is 79.0 Å². The zero-order chi connectivity index (χ0) is 74.9. The minimum absolute atomic E-state index is 0.215. The second kappa shape index (κ2) is 31.4. The fraction of sp³-hybridized carbons (Fsp3) is 0.150. The van der Waals surface area contributed by atoms with Gasteiger partial charge in [-0.25, -0.2) is 18.4 Å². The molecule has 0 radical (unpaired) electrons. The zero-order valence-electron chi connectivity index (χ0n) is 59.2. The van der Waals surface area contributed by atoms with Gasteiger partial charge in [-0.1, -0.05) is 84.4 Å². The first-order valence-corrected chi connectivity index (χ1v) is 33.9. The van der Waals surface area contributed by atoms with Crippen LogP contribution in [0.5, 0.6) is 0 Å². The van der Waals surface area contributed by atoms with Crippen molar-refractivity contribution in [3.05, 3.63) is 253 Å². The number of hydrogen-bond donors (Lipinski definition) is 13. The number of aryl methyl sites for hydroxylation is 3. The Bertz CT molecular complexity index is 4910. The van der Waals surface area contributed by atoms with E-state index in [4.69, 9.17) is 79.5 Å². The lowest BCUT2D eigenvalue weighted by atomic mass is 9.82. The number of nitrogens with zero attached hydrogens (tertiary/aromatic N) is 4. The summed E-state index contributed by atoms with van der Waals surface area (Å²) in [6.07, 6.45) is 2.45. The van der Waals surface area contributed by atoms with Gasteiger partial charge in [0, 0.05) is 103 Å². The number of ketones is 2. The summed E-state index contributed by atoms with van der Waals surface area (Å²) in [6, 6.07) is 48.5. The molecule has 22 heteroatoms. The van der Waals surface area contributed by atoms with Gasteiger partial charge >= 0.3 is 0 Å². The average molecular weight is 1380 g/mol. The number of aliphatic imine (C=N–C) groups is 1. The molecule has 26 N–H and O–H groups in total. The number of carbonyl (C=O) groups is 2. The molecule has 0 spiro atoms. The van der Waals surface area contributed by atoms with Crippen LogP contribution in [-0.4, -0.2) is 41.2 Å². The number of anilines is 13. The molecule has 0 atom stereocenters. The molecular formula is C80H89N17O4S. The van der Waals surface area contributed by atoms with Crippen LogP contribution in [0.25, 0.3) is 32.9 Å². The van der Waals surface area contributed by atoms with E-state index in [9.17, 15) is 18.0 Å². The number of rotatable bonds is 3. The van der Waals surface area contributed by atoms with Gasteiger partial charge in [-0.2, -0.15) is 4.98 Å². The van der Waals surface area contributed by atoms with Crippen LogP contribution in [0.2, 0.25) is 0 Å². The molecule has 14 rings (SSSR count). The number of carbonyl (C=O) groups excluding carboxylic acids is 2. The van der Waals surface area contributed by atoms with Crippen molar-refractivity contribution in [1.82, 2.24) is 15.0 Å². The number of nitrogens with two attached hydrogens (primary N) is 13. The fourth-order valence-electron chi connectivity index (χ4n) is 11.3. The molecule has 1 aliphatic carbocycles. The van der Waals surface area contributed by atoms with Gasteiger partial charge in [0.05, 0.1) is 37.8 Å². The molecule has 21 nitrogen and oxygen atoms in total. The van der Waals surface area contributed by atoms with Crippen LogP contribution >= 0.6 is 0 Å². The summed E-state index contributed by atoms with van der Waals surface area (Å²) < 4.78 is 24.4. The first kappa shape index (κ1) is 75.1. The maximum absolute atomic E-state index is 12.3. The standard InChI is InChI=1S/C19H15N3.C14H10N2O2.C13H13NO2S.2C10H16N2.C8H12N2.C6H7N5/c20-13-6-8-15-16-9-7-14(21)11-18(16)22-19(17(15)10-13)12-4-2-1-3-5-12;15-9-5-6-10(16)12-11(9)13(17)7-3-1-2-4-8(7)14(12)18;1-10-2-6-12(7-3-10)17(15,16)13-8-4-11(14)5-9-13;1-5-6(2)10(12)8(4)7(3)9(5)11;1-5-6(2)9(11)8(4)10(12)7(5)3;1-5-3-8(10)6(2)4-7(5)9;7-5-4-3(1-2-9-4)10-6(8)11-5/h1-11H,20-21H2;1-6H,15-16H2;2-9H,14H2,1H3;2*11-12H2,1-4H3;3-4H,9-10H2,1-2H3;2H,1H2,(H4,7,8,10,11). The number of nitrogen functional groups attached to an aromatic ring is 13. The Morgan fingerprint density at radius 1 is 0.373 bits per heavy atom. The summed E-state index contributed by atoms with van der Waals surface area (Å²) in [5, 5.41) is 3.28. The van der Waals surface area contributed by atoms with Gasteiger partial charge in [-0.3, -0.25) is 14.6 Å². The van der Waals surface area contributed by atoms with Crippen LogP contribution in [0.3, 0.4) is 0 Å². The van der Waals surface area contributed by atoms with E-state index in [1.165, 1.54) is 17.7 Å². The molecule has 0 saturated carbocycles. The number of pyridine rings is 1. The summed E-state index contributed by atoms with van der Waals surface area (Å²) in [4.78, 5) is 41.8. The smallest absolute Gasteiger partial charge is 0.222 e. The van der Waals surface area contributed by atoms with Crippen LogP contribution in [0, 0.1) is 76.2 Å². The fourth-order valence-corrected chi connectivity index (χ4v) is 12.6. The van der Waals surface area contributed by atoms with Crippen molar-refractivity contribution in [3.8, 4) is 11.3 Å². The van der Waals surface area contributed by atoms with Crippen molar-refractivity contribution < 1.29 is 18.0 Å². The van der Waals surface area contributed by atoms with Crippen LogP contribution < -0.4 is 74.5 Å². The van der Waals surface area contributed by atoms with Crippen LogP contribution in [0.15, 0.2) is 179 Å². The minimum Gasteiger partial charge on any atom is -0.399 e. The number of aromatic nitrogens is 3. The molecule has 10 aromatic carbocycles. The third kappa shape index (κ3) is 16.4. The topological polar surface area (TPSA) is 458 Å². The maximum atomic E-state index is 12.3. The number of sulfone groups is 1. The van der Waals surface area contributed by atoms with Gasteiger partial charge in [0.1, 0.15) is 5.69 Å². The number of fused-ring (bicyclic) bond motifs is 6. The van der Waals surface area contributed by atoms with Crippen molar-refractivity contribution in [3.63, 3.8) is 0 Å². The molecule has 102 heavy (non-hydrogen) atoms. The Hall–Kier alpha value is -12.7. The predicted molar refractivity (Wildman–Crippen MR) is 425 cm³/mol. The molecule has 2 aromatic heterocycles. The maximum Gasteiger partial charge on any atom is 0.222 e. The van der Waals surface area contributed by atoms with Gasteiger partial charge in [-0.15, -0.1) is 0 Å². The van der Waals surface area contributed by atoms with E-state index >= 15 is 0 Å². The molecule has 0 saturated heterocycles. The Kier molecular flexibility index (Phi) is 23.2. The highest BCUT2D eigenvalue weighted by Crippen LogP contribution is 2.37. The lowest BCUT2D eigenvalue weighted by Crippen LogP contribution is -2.23. The Labute approximate surface area is 595 Å². The summed E-state index contributed by atoms with van der Waals surface area (Å²) >= 11 is 0. The summed E-state index contributed by atoms with van der Waals surface area (Å²) in [5.74, 6) is 0.0861. The van der Waals surface area contributed by atoms with Crippen molar-refractivity contribution in [2.24, 2.45) is 4.99 Å². The van der Waals surface area contributed by atoms with Crippen LogP contribution in [0.4, 0.5) is 80.0 Å². The number of benzene rings is 10. The second-order valence-corrected chi connectivity index (χ2v) is 26.9. The van der Waals surface area contributed by atoms with Crippen molar-refractivity contribution >= 4 is 129 Å². The Morgan fingerprint density at radius 3 is 1.28 bits per heavy atom. The Balaban J connectivity index is 0.000000154. The highest BCUT2D eigenvalue weighted by molar-refractivity contribution is 7.91. The molecule has 0 unspecified atom stereocenters. The third-order valence-electron chi connectivity index (χ3n) is 18.2. The van der Waals surface area contributed by atoms with Gasteiger partial charge < -0.3 is 74.5 Å². The van der Waals surface area contributed by atoms with E-state index < -0.39 is 9.84 Å². The van der Waals surface area contributed by atoms with Crippen LogP contribution in [0.1, 0.15) is 98.7 Å². The normalized spacial score (nSPS) is 11.4. The van der Waals surface area contributed by atoms with E-state index in [2.05, 4.69) is 40.1 Å². The zero-order valence-corrected chi connectivity index (χ0v) is 60.0. The first-order valence-electron chi connectivity index (χ1n) is 32.4. The Morgan fingerprint density at radius 2 is 0.794 bits per heavy atom. The van der Waals surface area contributed by atoms with Crippen LogP contribution in [-0.2, 0) is 16.3 Å².